The molecular formula is C23H34N4O3. The minimum absolute atomic E-state index is 0.118. The number of likely N-dealkylation sites (tertiary alicyclic amines) is 1. The number of amides is 2. The summed E-state index contributed by atoms with van der Waals surface area (Å²) in [6, 6.07) is 2.93. The van der Waals surface area contributed by atoms with Gasteiger partial charge in [-0.25, -0.2) is 14.6 Å². The van der Waals surface area contributed by atoms with Crippen molar-refractivity contribution in [2.45, 2.75) is 64.5 Å². The van der Waals surface area contributed by atoms with Crippen LogP contribution in [0.3, 0.4) is 0 Å². The van der Waals surface area contributed by atoms with E-state index in [4.69, 9.17) is 10.5 Å². The Labute approximate surface area is 179 Å². The summed E-state index contributed by atoms with van der Waals surface area (Å²) in [7, 11) is 1.83. The van der Waals surface area contributed by atoms with Crippen molar-refractivity contribution in [2.75, 3.05) is 19.4 Å². The highest BCUT2D eigenvalue weighted by atomic mass is 16.5. The zero-order valence-corrected chi connectivity index (χ0v) is 18.3. The molecule has 1 saturated heterocycles. The second kappa shape index (κ2) is 9.49. The molecule has 0 radical (unpaired) electrons. The molecule has 0 unspecified atom stereocenters. The first-order valence-electron chi connectivity index (χ1n) is 11.0. The molecule has 0 bridgehead atoms. The predicted octanol–water partition coefficient (Wildman–Crippen LogP) is 3.60. The highest BCUT2D eigenvalue weighted by Gasteiger charge is 2.52. The molecule has 1 aliphatic carbocycles. The number of urea groups is 1. The summed E-state index contributed by atoms with van der Waals surface area (Å²) in [4.78, 5) is 33.4. The monoisotopic (exact) mass is 414 g/mol. The molecule has 7 nitrogen and oxygen atoms in total. The molecule has 0 spiro atoms. The van der Waals surface area contributed by atoms with E-state index in [0.29, 0.717) is 23.9 Å². The smallest absolute Gasteiger partial charge is 0.330 e. The topological polar surface area (TPSA) is 88.8 Å². The molecule has 1 saturated carbocycles. The quantitative estimate of drug-likeness (QED) is 0.719. The molecule has 164 valence electrons. The summed E-state index contributed by atoms with van der Waals surface area (Å²) in [5.74, 6) is 0.343. The molecule has 1 aromatic heterocycles. The molecule has 1 aromatic rings. The van der Waals surface area contributed by atoms with Gasteiger partial charge in [-0.1, -0.05) is 25.8 Å². The van der Waals surface area contributed by atoms with Gasteiger partial charge in [0.15, 0.2) is 0 Å². The molecule has 2 heterocycles. The van der Waals surface area contributed by atoms with Crippen LogP contribution in [0.25, 0.3) is 0 Å². The average molecular weight is 415 g/mol. The Bertz CT molecular complexity index is 790. The number of nitrogens with zero attached hydrogens (tertiary/aromatic N) is 3. The molecule has 2 amide bonds. The Kier molecular flexibility index (Phi) is 7.00. The normalized spacial score (nSPS) is 22.9. The fraction of sp³-hybridized carbons (Fsp3) is 0.609. The van der Waals surface area contributed by atoms with Gasteiger partial charge in [0.2, 0.25) is 0 Å². The first-order chi connectivity index (χ1) is 14.3. The summed E-state index contributed by atoms with van der Waals surface area (Å²) in [6.45, 7) is 8.28. The summed E-state index contributed by atoms with van der Waals surface area (Å²) < 4.78 is 5.29. The van der Waals surface area contributed by atoms with E-state index in [2.05, 4.69) is 18.5 Å². The zero-order valence-electron chi connectivity index (χ0n) is 18.3. The SMILES string of the molecule is C=C1[C@H](Cc2ccnc(N)c2)[C@@H](C(=O)OCC)N1C(=O)N(C)[C@H](C)C1CCCCC1. The van der Waals surface area contributed by atoms with Crippen LogP contribution in [0.5, 0.6) is 0 Å². The van der Waals surface area contributed by atoms with E-state index in [1.807, 2.05) is 13.1 Å². The highest BCUT2D eigenvalue weighted by Crippen LogP contribution is 2.40. The van der Waals surface area contributed by atoms with Crippen molar-refractivity contribution in [2.24, 2.45) is 11.8 Å². The molecule has 1 aliphatic heterocycles. The zero-order chi connectivity index (χ0) is 21.8. The lowest BCUT2D eigenvalue weighted by Gasteiger charge is -2.50. The third-order valence-corrected chi connectivity index (χ3v) is 6.68. The van der Waals surface area contributed by atoms with Crippen LogP contribution >= 0.6 is 0 Å². The van der Waals surface area contributed by atoms with Crippen LogP contribution in [-0.4, -0.2) is 52.5 Å². The lowest BCUT2D eigenvalue weighted by atomic mass is 9.80. The molecule has 30 heavy (non-hydrogen) atoms. The van der Waals surface area contributed by atoms with Gasteiger partial charge < -0.3 is 15.4 Å². The molecule has 2 aliphatic rings. The van der Waals surface area contributed by atoms with E-state index < -0.39 is 6.04 Å². The number of anilines is 1. The standard InChI is InChI=1S/C23H34N4O3/c1-5-30-22(28)21-19(13-17-11-12-25-20(24)14-17)16(3)27(21)23(29)26(4)15(2)18-9-7-6-8-10-18/h11-12,14-15,18-19,21H,3,5-10,13H2,1-2,4H3,(H2,24,25)/t15-,19+,21+/m1/s1. The second-order valence-corrected chi connectivity index (χ2v) is 8.49. The Morgan fingerprint density at radius 1 is 1.37 bits per heavy atom. The third-order valence-electron chi connectivity index (χ3n) is 6.68. The summed E-state index contributed by atoms with van der Waals surface area (Å²) >= 11 is 0. The van der Waals surface area contributed by atoms with Gasteiger partial charge in [0.1, 0.15) is 11.9 Å². The van der Waals surface area contributed by atoms with E-state index in [1.54, 1.807) is 24.1 Å². The number of carbonyl (C=O) groups is 2. The Morgan fingerprint density at radius 3 is 2.70 bits per heavy atom. The van der Waals surface area contributed by atoms with Gasteiger partial charge in [0, 0.05) is 30.9 Å². The van der Waals surface area contributed by atoms with E-state index in [9.17, 15) is 9.59 Å². The highest BCUT2D eigenvalue weighted by molar-refractivity contribution is 5.89. The van der Waals surface area contributed by atoms with Gasteiger partial charge in [-0.3, -0.25) is 4.90 Å². The lowest BCUT2D eigenvalue weighted by Crippen LogP contribution is -2.64. The average Bonchev–Trinajstić information content (AvgIpc) is 2.74. The maximum absolute atomic E-state index is 13.3. The van der Waals surface area contributed by atoms with Crippen molar-refractivity contribution in [3.63, 3.8) is 0 Å². The summed E-state index contributed by atoms with van der Waals surface area (Å²) in [6.07, 6.45) is 8.21. The predicted molar refractivity (Wildman–Crippen MR) is 116 cm³/mol. The van der Waals surface area contributed by atoms with Crippen LogP contribution in [0.1, 0.15) is 51.5 Å². The van der Waals surface area contributed by atoms with Crippen LogP contribution < -0.4 is 5.73 Å². The minimum atomic E-state index is -0.666. The van der Waals surface area contributed by atoms with Crippen molar-refractivity contribution in [1.29, 1.82) is 0 Å². The van der Waals surface area contributed by atoms with E-state index >= 15 is 0 Å². The van der Waals surface area contributed by atoms with Crippen LogP contribution in [0, 0.1) is 11.8 Å². The molecule has 3 atom stereocenters. The number of hydrogen-bond donors (Lipinski definition) is 1. The van der Waals surface area contributed by atoms with Crippen molar-refractivity contribution in [1.82, 2.24) is 14.8 Å². The molecule has 3 rings (SSSR count). The Morgan fingerprint density at radius 2 is 2.07 bits per heavy atom. The first-order valence-corrected chi connectivity index (χ1v) is 11.0. The number of rotatable bonds is 6. The number of nitrogens with two attached hydrogens (primary N) is 1. The van der Waals surface area contributed by atoms with Gasteiger partial charge in [-0.15, -0.1) is 0 Å². The fourth-order valence-corrected chi connectivity index (χ4v) is 4.76. The van der Waals surface area contributed by atoms with Crippen LogP contribution in [0.2, 0.25) is 0 Å². The number of hydrogen-bond acceptors (Lipinski definition) is 5. The number of esters is 1. The number of ether oxygens (including phenoxy) is 1. The molecule has 2 N–H and O–H groups in total. The maximum Gasteiger partial charge on any atom is 0.330 e. The van der Waals surface area contributed by atoms with Crippen LogP contribution in [-0.2, 0) is 16.0 Å². The number of carbonyl (C=O) groups excluding carboxylic acids is 2. The Balaban J connectivity index is 1.75. The van der Waals surface area contributed by atoms with Crippen molar-refractivity contribution in [3.8, 4) is 0 Å². The van der Waals surface area contributed by atoms with Gasteiger partial charge in [0.05, 0.1) is 6.61 Å². The van der Waals surface area contributed by atoms with Crippen molar-refractivity contribution in [3.05, 3.63) is 36.2 Å². The van der Waals surface area contributed by atoms with E-state index in [0.717, 1.165) is 18.4 Å². The van der Waals surface area contributed by atoms with Crippen molar-refractivity contribution < 1.29 is 14.3 Å². The van der Waals surface area contributed by atoms with Crippen LogP contribution in [0.4, 0.5) is 10.6 Å². The van der Waals surface area contributed by atoms with Gasteiger partial charge in [-0.05, 0) is 56.7 Å². The van der Waals surface area contributed by atoms with E-state index in [-0.39, 0.29) is 30.6 Å². The van der Waals surface area contributed by atoms with Gasteiger partial charge in [0.25, 0.3) is 0 Å². The molecule has 0 aromatic carbocycles. The minimum Gasteiger partial charge on any atom is -0.464 e. The lowest BCUT2D eigenvalue weighted by molar-refractivity contribution is -0.153. The van der Waals surface area contributed by atoms with Gasteiger partial charge in [-0.2, -0.15) is 0 Å². The molecule has 7 heteroatoms. The van der Waals surface area contributed by atoms with E-state index in [1.165, 1.54) is 24.2 Å². The third kappa shape index (κ3) is 4.45. The number of aromatic nitrogens is 1. The van der Waals surface area contributed by atoms with Crippen molar-refractivity contribution >= 4 is 17.8 Å². The van der Waals surface area contributed by atoms with Crippen LogP contribution in [0.15, 0.2) is 30.6 Å². The second-order valence-electron chi connectivity index (χ2n) is 8.49. The summed E-state index contributed by atoms with van der Waals surface area (Å²) in [5, 5.41) is 0. The first kappa shape index (κ1) is 22.1. The Hall–Kier alpha value is -2.57. The maximum atomic E-state index is 13.3. The van der Waals surface area contributed by atoms with Gasteiger partial charge >= 0.3 is 12.0 Å². The number of pyridine rings is 1. The largest absolute Gasteiger partial charge is 0.464 e. The molecular weight excluding hydrogens is 380 g/mol. The summed E-state index contributed by atoms with van der Waals surface area (Å²) in [5.41, 5.74) is 7.40. The number of nitrogen functional groups attached to an aromatic ring is 1. The fourth-order valence-electron chi connectivity index (χ4n) is 4.76. The molecule has 2 fully saturated rings.